The number of hydrogen-bond acceptors (Lipinski definition) is 5. The third kappa shape index (κ3) is 2.69. The normalized spacial score (nSPS) is 9.65. The molecule has 1 aromatic carbocycles. The summed E-state index contributed by atoms with van der Waals surface area (Å²) < 4.78 is 5.43. The van der Waals surface area contributed by atoms with E-state index in [1.54, 1.807) is 37.3 Å². The molecule has 17 heavy (non-hydrogen) atoms. The Morgan fingerprint density at radius 1 is 1.29 bits per heavy atom. The fraction of sp³-hybridized carbons (Fsp3) is 0.0833. The van der Waals surface area contributed by atoms with Gasteiger partial charge in [0.2, 0.25) is 0 Å². The molecule has 0 amide bonds. The number of hydrogen-bond donors (Lipinski definition) is 1. The first-order valence-electron chi connectivity index (χ1n) is 4.96. The molecule has 0 aliphatic rings. The van der Waals surface area contributed by atoms with E-state index in [1.165, 1.54) is 0 Å². The zero-order chi connectivity index (χ0) is 12.3. The molecule has 84 valence electrons. The number of aryl methyl sites for hydroxylation is 1. The van der Waals surface area contributed by atoms with E-state index in [2.05, 4.69) is 9.97 Å². The van der Waals surface area contributed by atoms with Crippen molar-refractivity contribution >= 4 is 5.69 Å². The third-order valence-electron chi connectivity index (χ3n) is 2.02. The minimum atomic E-state index is 0.146. The zero-order valence-corrected chi connectivity index (χ0v) is 9.21. The Balaban J connectivity index is 2.30. The molecule has 5 nitrogen and oxygen atoms in total. The van der Waals surface area contributed by atoms with Crippen LogP contribution in [0.15, 0.2) is 30.3 Å². The number of nitrogen functional groups attached to an aromatic ring is 1. The lowest BCUT2D eigenvalue weighted by Crippen LogP contribution is -1.96. The topological polar surface area (TPSA) is 84.8 Å². The summed E-state index contributed by atoms with van der Waals surface area (Å²) in [5, 5.41) is 8.78. The van der Waals surface area contributed by atoms with Crippen LogP contribution in [0.25, 0.3) is 0 Å². The fourth-order valence-electron chi connectivity index (χ4n) is 1.33. The molecular formula is C12H10N4O. The van der Waals surface area contributed by atoms with Crippen molar-refractivity contribution in [1.29, 1.82) is 5.26 Å². The van der Waals surface area contributed by atoms with Gasteiger partial charge in [0.05, 0.1) is 0 Å². The van der Waals surface area contributed by atoms with Crippen LogP contribution in [0.1, 0.15) is 11.4 Å². The molecular weight excluding hydrogens is 216 g/mol. The summed E-state index contributed by atoms with van der Waals surface area (Å²) in [5.41, 5.74) is 7.17. The SMILES string of the molecule is Cc1cc(C#N)nc(Oc2cccc(N)c2)n1. The molecule has 0 saturated carbocycles. The Morgan fingerprint density at radius 3 is 2.82 bits per heavy atom. The van der Waals surface area contributed by atoms with Crippen LogP contribution >= 0.6 is 0 Å². The Labute approximate surface area is 98.5 Å². The first-order valence-corrected chi connectivity index (χ1v) is 4.96. The molecule has 1 heterocycles. The quantitative estimate of drug-likeness (QED) is 0.792. The highest BCUT2D eigenvalue weighted by atomic mass is 16.5. The van der Waals surface area contributed by atoms with Crippen molar-refractivity contribution in [3.05, 3.63) is 41.7 Å². The number of benzene rings is 1. The second kappa shape index (κ2) is 4.49. The minimum absolute atomic E-state index is 0.146. The summed E-state index contributed by atoms with van der Waals surface area (Å²) >= 11 is 0. The van der Waals surface area contributed by atoms with Gasteiger partial charge in [0.25, 0.3) is 0 Å². The van der Waals surface area contributed by atoms with Crippen molar-refractivity contribution in [2.24, 2.45) is 0 Å². The Kier molecular flexibility index (Phi) is 2.88. The van der Waals surface area contributed by atoms with Gasteiger partial charge in [-0.3, -0.25) is 0 Å². The number of nitriles is 1. The first-order chi connectivity index (χ1) is 8.17. The van der Waals surface area contributed by atoms with Crippen molar-refractivity contribution in [2.45, 2.75) is 6.92 Å². The van der Waals surface area contributed by atoms with Crippen molar-refractivity contribution in [2.75, 3.05) is 5.73 Å². The second-order valence-electron chi connectivity index (χ2n) is 3.46. The Bertz CT molecular complexity index is 589. The van der Waals surface area contributed by atoms with Gasteiger partial charge in [0, 0.05) is 17.4 Å². The van der Waals surface area contributed by atoms with Crippen molar-refractivity contribution in [3.8, 4) is 17.8 Å². The average molecular weight is 226 g/mol. The standard InChI is InChI=1S/C12H10N4O/c1-8-5-10(7-13)16-12(15-8)17-11-4-2-3-9(14)6-11/h2-6H,14H2,1H3. The molecule has 5 heteroatoms. The predicted octanol–water partition coefficient (Wildman–Crippen LogP) is 2.03. The largest absolute Gasteiger partial charge is 0.424 e. The second-order valence-corrected chi connectivity index (χ2v) is 3.46. The first kappa shape index (κ1) is 10.9. The lowest BCUT2D eigenvalue weighted by molar-refractivity contribution is 0.440. The highest BCUT2D eigenvalue weighted by Crippen LogP contribution is 2.20. The molecule has 0 unspecified atom stereocenters. The number of nitrogens with two attached hydrogens (primary N) is 1. The highest BCUT2D eigenvalue weighted by molar-refractivity contribution is 5.44. The van der Waals surface area contributed by atoms with E-state index in [4.69, 9.17) is 15.7 Å². The smallest absolute Gasteiger partial charge is 0.323 e. The van der Waals surface area contributed by atoms with Crippen LogP contribution in [-0.2, 0) is 0 Å². The maximum Gasteiger partial charge on any atom is 0.323 e. The Hall–Kier alpha value is -2.61. The van der Waals surface area contributed by atoms with Gasteiger partial charge >= 0.3 is 6.01 Å². The van der Waals surface area contributed by atoms with Gasteiger partial charge in [0.15, 0.2) is 0 Å². The van der Waals surface area contributed by atoms with Crippen LogP contribution in [0.5, 0.6) is 11.8 Å². The molecule has 0 bridgehead atoms. The summed E-state index contributed by atoms with van der Waals surface area (Å²) in [7, 11) is 0. The van der Waals surface area contributed by atoms with Crippen LogP contribution in [0, 0.1) is 18.3 Å². The molecule has 0 aliphatic heterocycles. The number of ether oxygens (including phenoxy) is 1. The van der Waals surface area contributed by atoms with E-state index >= 15 is 0 Å². The number of aromatic nitrogens is 2. The maximum absolute atomic E-state index is 8.78. The van der Waals surface area contributed by atoms with Gasteiger partial charge in [-0.25, -0.2) is 4.98 Å². The van der Waals surface area contributed by atoms with Crippen LogP contribution < -0.4 is 10.5 Å². The maximum atomic E-state index is 8.78. The summed E-state index contributed by atoms with van der Waals surface area (Å²) in [4.78, 5) is 8.02. The molecule has 0 spiro atoms. The average Bonchev–Trinajstić information content (AvgIpc) is 2.28. The summed E-state index contributed by atoms with van der Waals surface area (Å²) in [6.45, 7) is 1.77. The van der Waals surface area contributed by atoms with E-state index in [9.17, 15) is 0 Å². The number of rotatable bonds is 2. The van der Waals surface area contributed by atoms with Gasteiger partial charge in [-0.2, -0.15) is 10.2 Å². The van der Waals surface area contributed by atoms with Crippen molar-refractivity contribution in [1.82, 2.24) is 9.97 Å². The molecule has 0 aliphatic carbocycles. The molecule has 1 aromatic heterocycles. The predicted molar refractivity (Wildman–Crippen MR) is 62.4 cm³/mol. The van der Waals surface area contributed by atoms with E-state index in [0.717, 1.165) is 0 Å². The summed E-state index contributed by atoms with van der Waals surface area (Å²) in [6, 6.07) is 10.6. The third-order valence-corrected chi connectivity index (χ3v) is 2.02. The monoisotopic (exact) mass is 226 g/mol. The van der Waals surface area contributed by atoms with Crippen LogP contribution in [0.2, 0.25) is 0 Å². The lowest BCUT2D eigenvalue weighted by atomic mass is 10.3. The van der Waals surface area contributed by atoms with Gasteiger partial charge in [0.1, 0.15) is 17.5 Å². The van der Waals surface area contributed by atoms with E-state index in [0.29, 0.717) is 17.1 Å². The van der Waals surface area contributed by atoms with E-state index in [-0.39, 0.29) is 11.7 Å². The van der Waals surface area contributed by atoms with Crippen molar-refractivity contribution < 1.29 is 4.74 Å². The zero-order valence-electron chi connectivity index (χ0n) is 9.21. The van der Waals surface area contributed by atoms with Crippen LogP contribution in [0.4, 0.5) is 5.69 Å². The molecule has 0 fully saturated rings. The molecule has 2 aromatic rings. The summed E-state index contributed by atoms with van der Waals surface area (Å²) in [5.74, 6) is 0.541. The summed E-state index contributed by atoms with van der Waals surface area (Å²) in [6.07, 6.45) is 0. The van der Waals surface area contributed by atoms with Gasteiger partial charge < -0.3 is 10.5 Å². The lowest BCUT2D eigenvalue weighted by Gasteiger charge is -2.05. The van der Waals surface area contributed by atoms with E-state index in [1.807, 2.05) is 6.07 Å². The van der Waals surface area contributed by atoms with Gasteiger partial charge in [-0.15, -0.1) is 0 Å². The molecule has 0 saturated heterocycles. The van der Waals surface area contributed by atoms with Crippen LogP contribution in [0.3, 0.4) is 0 Å². The Morgan fingerprint density at radius 2 is 2.12 bits per heavy atom. The minimum Gasteiger partial charge on any atom is -0.424 e. The van der Waals surface area contributed by atoms with Crippen LogP contribution in [-0.4, -0.2) is 9.97 Å². The molecule has 2 N–H and O–H groups in total. The fourth-order valence-corrected chi connectivity index (χ4v) is 1.33. The number of anilines is 1. The molecule has 0 atom stereocenters. The highest BCUT2D eigenvalue weighted by Gasteiger charge is 2.04. The van der Waals surface area contributed by atoms with Gasteiger partial charge in [-0.1, -0.05) is 6.07 Å². The van der Waals surface area contributed by atoms with E-state index < -0.39 is 0 Å². The molecule has 0 radical (unpaired) electrons. The number of nitrogens with zero attached hydrogens (tertiary/aromatic N) is 3. The van der Waals surface area contributed by atoms with Crippen molar-refractivity contribution in [3.63, 3.8) is 0 Å². The molecule has 2 rings (SSSR count). The van der Waals surface area contributed by atoms with Gasteiger partial charge in [-0.05, 0) is 25.1 Å².